The summed E-state index contributed by atoms with van der Waals surface area (Å²) in [7, 11) is 0. The van der Waals surface area contributed by atoms with Crippen molar-refractivity contribution in [3.8, 4) is 0 Å². The Balaban J connectivity index is 1.41. The second-order valence-corrected chi connectivity index (χ2v) is 9.47. The number of H-pyrrole nitrogens is 1. The number of rotatable bonds is 8. The molecule has 2 aliphatic rings. The van der Waals surface area contributed by atoms with E-state index < -0.39 is 11.2 Å². The Labute approximate surface area is 188 Å². The fourth-order valence-corrected chi connectivity index (χ4v) is 4.63. The molecule has 32 heavy (non-hydrogen) atoms. The van der Waals surface area contributed by atoms with Crippen LogP contribution in [0.5, 0.6) is 0 Å². The van der Waals surface area contributed by atoms with E-state index in [0.717, 1.165) is 44.2 Å². The molecule has 2 heterocycles. The third-order valence-corrected chi connectivity index (χ3v) is 6.71. The van der Waals surface area contributed by atoms with Crippen LogP contribution in [-0.4, -0.2) is 31.2 Å². The topological polar surface area (TPSA) is 110 Å². The number of hydrogen-bond donors (Lipinski definition) is 2. The van der Waals surface area contributed by atoms with Gasteiger partial charge in [-0.15, -0.1) is 0 Å². The van der Waals surface area contributed by atoms with Crippen molar-refractivity contribution >= 4 is 34.4 Å². The maximum Gasteiger partial charge on any atom is 0.330 e. The zero-order valence-corrected chi connectivity index (χ0v) is 18.7. The summed E-state index contributed by atoms with van der Waals surface area (Å²) >= 11 is 1.21. The molecule has 8 nitrogen and oxygen atoms in total. The van der Waals surface area contributed by atoms with Crippen LogP contribution >= 0.6 is 11.8 Å². The average Bonchev–Trinajstić information content (AvgIpc) is 3.67. The van der Waals surface area contributed by atoms with Crippen molar-refractivity contribution in [1.82, 2.24) is 19.5 Å². The Morgan fingerprint density at radius 1 is 1.16 bits per heavy atom. The van der Waals surface area contributed by atoms with Crippen molar-refractivity contribution in [2.75, 3.05) is 11.1 Å². The van der Waals surface area contributed by atoms with E-state index >= 15 is 0 Å². The van der Waals surface area contributed by atoms with E-state index in [-0.39, 0.29) is 23.6 Å². The Bertz CT molecular complexity index is 1290. The fraction of sp³-hybridized carbons (Fsp3) is 0.435. The van der Waals surface area contributed by atoms with E-state index in [1.165, 1.54) is 17.3 Å². The van der Waals surface area contributed by atoms with Gasteiger partial charge in [0, 0.05) is 17.6 Å². The number of carbonyl (C=O) groups excluding carboxylic acids is 1. The van der Waals surface area contributed by atoms with Crippen LogP contribution in [0.3, 0.4) is 0 Å². The summed E-state index contributed by atoms with van der Waals surface area (Å²) in [6.07, 6.45) is 5.87. The van der Waals surface area contributed by atoms with Crippen molar-refractivity contribution in [2.24, 2.45) is 0 Å². The number of benzene rings is 1. The highest BCUT2D eigenvalue weighted by Gasteiger charge is 2.32. The van der Waals surface area contributed by atoms with E-state index in [2.05, 4.69) is 27.2 Å². The lowest BCUT2D eigenvalue weighted by molar-refractivity contribution is -0.113. The summed E-state index contributed by atoms with van der Waals surface area (Å²) in [4.78, 5) is 49.3. The van der Waals surface area contributed by atoms with Gasteiger partial charge in [0.15, 0.2) is 5.65 Å². The van der Waals surface area contributed by atoms with Gasteiger partial charge in [-0.25, -0.2) is 14.8 Å². The van der Waals surface area contributed by atoms with Crippen molar-refractivity contribution < 1.29 is 4.79 Å². The molecule has 2 saturated carbocycles. The molecule has 0 aliphatic heterocycles. The third-order valence-electron chi connectivity index (χ3n) is 5.74. The smallest absolute Gasteiger partial charge is 0.325 e. The first-order valence-electron chi connectivity index (χ1n) is 11.1. The standard InChI is InChI=1S/C23H25N5O3S/c1-2-3-13-4-8-15(9-5-13)24-17(29)12-32-22-18-20(25-19(26-22)14-6-7-14)28(16-10-11-16)23(31)27-21(18)30/h4-5,8-9,14,16H,2-3,6-7,10-12H2,1H3,(H,24,29)(H,27,30,31). The number of amides is 1. The van der Waals surface area contributed by atoms with Crippen molar-refractivity contribution in [2.45, 2.75) is 62.4 Å². The van der Waals surface area contributed by atoms with Crippen molar-refractivity contribution in [1.29, 1.82) is 0 Å². The molecule has 0 unspecified atom stereocenters. The van der Waals surface area contributed by atoms with Gasteiger partial charge in [-0.05, 0) is 49.8 Å². The molecule has 2 aliphatic carbocycles. The summed E-state index contributed by atoms with van der Waals surface area (Å²) in [6, 6.07) is 7.90. The van der Waals surface area contributed by atoms with Crippen LogP contribution in [0.1, 0.15) is 62.4 Å². The van der Waals surface area contributed by atoms with E-state index in [1.54, 1.807) is 4.57 Å². The molecule has 0 saturated heterocycles. The predicted molar refractivity (Wildman–Crippen MR) is 124 cm³/mol. The minimum atomic E-state index is -0.501. The van der Waals surface area contributed by atoms with Gasteiger partial charge in [0.25, 0.3) is 5.56 Å². The molecule has 1 aromatic carbocycles. The number of nitrogens with zero attached hydrogens (tertiary/aromatic N) is 3. The number of aryl methyl sites for hydroxylation is 1. The molecule has 0 bridgehead atoms. The molecular formula is C23H25N5O3S. The molecule has 2 N–H and O–H groups in total. The molecule has 3 aromatic rings. The molecule has 2 fully saturated rings. The van der Waals surface area contributed by atoms with E-state index in [0.29, 0.717) is 21.9 Å². The summed E-state index contributed by atoms with van der Waals surface area (Å²) in [6.45, 7) is 2.13. The quantitative estimate of drug-likeness (QED) is 0.401. The summed E-state index contributed by atoms with van der Waals surface area (Å²) in [5, 5.41) is 3.65. The molecule has 2 aromatic heterocycles. The first kappa shape index (κ1) is 20.9. The number of aromatic nitrogens is 4. The normalized spacial score (nSPS) is 15.8. The van der Waals surface area contributed by atoms with Gasteiger partial charge in [-0.3, -0.25) is 19.1 Å². The largest absolute Gasteiger partial charge is 0.330 e. The minimum Gasteiger partial charge on any atom is -0.325 e. The summed E-state index contributed by atoms with van der Waals surface area (Å²) < 4.78 is 1.59. The maximum atomic E-state index is 12.7. The van der Waals surface area contributed by atoms with Gasteiger partial charge in [0.2, 0.25) is 5.91 Å². The SMILES string of the molecule is CCCc1ccc(NC(=O)CSc2nc(C3CC3)nc3c2c(=O)[nH]c(=O)n3C2CC2)cc1. The molecular weight excluding hydrogens is 426 g/mol. The average molecular weight is 452 g/mol. The van der Waals surface area contributed by atoms with Gasteiger partial charge in [-0.1, -0.05) is 37.2 Å². The number of thioether (sulfide) groups is 1. The van der Waals surface area contributed by atoms with Crippen LogP contribution in [0.4, 0.5) is 5.69 Å². The number of fused-ring (bicyclic) bond motifs is 1. The van der Waals surface area contributed by atoms with Crippen LogP contribution in [0.15, 0.2) is 38.9 Å². The Hall–Kier alpha value is -2.94. The highest BCUT2D eigenvalue weighted by molar-refractivity contribution is 8.00. The van der Waals surface area contributed by atoms with Gasteiger partial charge < -0.3 is 5.32 Å². The van der Waals surface area contributed by atoms with Crippen LogP contribution in [0, 0.1) is 0 Å². The third kappa shape index (κ3) is 4.34. The first-order chi connectivity index (χ1) is 15.5. The Morgan fingerprint density at radius 2 is 1.91 bits per heavy atom. The van der Waals surface area contributed by atoms with Gasteiger partial charge in [0.05, 0.1) is 5.75 Å². The second kappa shape index (κ2) is 8.54. The van der Waals surface area contributed by atoms with Crippen LogP contribution in [0.2, 0.25) is 0 Å². The molecule has 1 amide bonds. The summed E-state index contributed by atoms with van der Waals surface area (Å²) in [5.74, 6) is 0.849. The van der Waals surface area contributed by atoms with E-state index in [1.807, 2.05) is 24.3 Å². The van der Waals surface area contributed by atoms with E-state index in [9.17, 15) is 14.4 Å². The van der Waals surface area contributed by atoms with Crippen molar-refractivity contribution in [3.05, 3.63) is 56.5 Å². The number of carbonyl (C=O) groups is 1. The van der Waals surface area contributed by atoms with Gasteiger partial charge in [-0.2, -0.15) is 0 Å². The Morgan fingerprint density at radius 3 is 2.56 bits per heavy atom. The van der Waals surface area contributed by atoms with E-state index in [4.69, 9.17) is 0 Å². The lowest BCUT2D eigenvalue weighted by Crippen LogP contribution is -2.31. The van der Waals surface area contributed by atoms with Crippen LogP contribution in [0.25, 0.3) is 11.0 Å². The lowest BCUT2D eigenvalue weighted by Gasteiger charge is -2.12. The van der Waals surface area contributed by atoms with Crippen LogP contribution < -0.4 is 16.6 Å². The zero-order valence-electron chi connectivity index (χ0n) is 17.9. The number of aromatic amines is 1. The molecule has 166 valence electrons. The predicted octanol–water partition coefficient (Wildman–Crippen LogP) is 3.38. The molecule has 0 radical (unpaired) electrons. The molecule has 5 rings (SSSR count). The molecule has 0 spiro atoms. The number of hydrogen-bond acceptors (Lipinski definition) is 6. The maximum absolute atomic E-state index is 12.7. The molecule has 0 atom stereocenters. The highest BCUT2D eigenvalue weighted by atomic mass is 32.2. The second-order valence-electron chi connectivity index (χ2n) is 8.50. The molecule has 9 heteroatoms. The lowest BCUT2D eigenvalue weighted by atomic mass is 10.1. The van der Waals surface area contributed by atoms with Crippen molar-refractivity contribution in [3.63, 3.8) is 0 Å². The minimum absolute atomic E-state index is 0.0700. The van der Waals surface area contributed by atoms with Crippen LogP contribution in [-0.2, 0) is 11.2 Å². The number of anilines is 1. The number of nitrogens with one attached hydrogen (secondary N) is 2. The fourth-order valence-electron chi connectivity index (χ4n) is 3.81. The monoisotopic (exact) mass is 451 g/mol. The van der Waals surface area contributed by atoms with Gasteiger partial charge >= 0.3 is 5.69 Å². The first-order valence-corrected chi connectivity index (χ1v) is 12.1. The van der Waals surface area contributed by atoms with Gasteiger partial charge in [0.1, 0.15) is 16.2 Å². The zero-order chi connectivity index (χ0) is 22.2. The Kier molecular flexibility index (Phi) is 5.58. The summed E-state index contributed by atoms with van der Waals surface area (Å²) in [5.41, 5.74) is 1.44. The highest BCUT2D eigenvalue weighted by Crippen LogP contribution is 2.40.